The summed E-state index contributed by atoms with van der Waals surface area (Å²) < 4.78 is 0. The molecule has 0 spiro atoms. The van der Waals surface area contributed by atoms with Crippen LogP contribution in [0, 0.1) is 5.92 Å². The fourth-order valence-corrected chi connectivity index (χ4v) is 1.28. The summed E-state index contributed by atoms with van der Waals surface area (Å²) in [6.07, 6.45) is -0.120. The number of carbonyl (C=O) groups excluding carboxylic acids is 1. The second-order valence-corrected chi connectivity index (χ2v) is 3.90. The minimum atomic E-state index is -0.533. The van der Waals surface area contributed by atoms with Crippen LogP contribution in [0.15, 0.2) is 0 Å². The Morgan fingerprint density at radius 3 is 2.62 bits per heavy atom. The molecule has 0 bridgehead atoms. The van der Waals surface area contributed by atoms with Crippen LogP contribution in [0.25, 0.3) is 0 Å². The lowest BCUT2D eigenvalue weighted by Crippen LogP contribution is -2.31. The van der Waals surface area contributed by atoms with Crippen LogP contribution in [0.4, 0.5) is 0 Å². The van der Waals surface area contributed by atoms with Gasteiger partial charge in [0.05, 0.1) is 25.2 Å². The van der Waals surface area contributed by atoms with E-state index in [-0.39, 0.29) is 18.6 Å². The maximum atomic E-state index is 11.3. The molecular weight excluding hydrogens is 170 g/mol. The van der Waals surface area contributed by atoms with Gasteiger partial charge in [-0.25, -0.2) is 5.06 Å². The number of nitrogens with zero attached hydrogens (tertiary/aromatic N) is 1. The normalized spacial score (nSPS) is 25.8. The zero-order valence-electron chi connectivity index (χ0n) is 8.36. The van der Waals surface area contributed by atoms with Crippen LogP contribution in [0.1, 0.15) is 27.2 Å². The molecule has 1 N–H and O–H groups in total. The highest BCUT2D eigenvalue weighted by Gasteiger charge is 2.33. The number of hydrogen-bond acceptors (Lipinski definition) is 3. The SMILES string of the molecule is CC(O)CN1OC(C(C)C)CC1=O. The topological polar surface area (TPSA) is 49.8 Å². The average Bonchev–Trinajstić information content (AvgIpc) is 2.31. The van der Waals surface area contributed by atoms with Crippen molar-refractivity contribution in [1.82, 2.24) is 5.06 Å². The van der Waals surface area contributed by atoms with Crippen molar-refractivity contribution in [1.29, 1.82) is 0 Å². The highest BCUT2D eigenvalue weighted by Crippen LogP contribution is 2.21. The maximum Gasteiger partial charge on any atom is 0.248 e. The smallest absolute Gasteiger partial charge is 0.248 e. The Balaban J connectivity index is 2.47. The van der Waals surface area contributed by atoms with Gasteiger partial charge in [0, 0.05) is 0 Å². The van der Waals surface area contributed by atoms with E-state index in [0.717, 1.165) is 0 Å². The lowest BCUT2D eigenvalue weighted by molar-refractivity contribution is -0.184. The van der Waals surface area contributed by atoms with Crippen molar-refractivity contribution in [2.24, 2.45) is 5.92 Å². The molecule has 0 radical (unpaired) electrons. The van der Waals surface area contributed by atoms with Crippen molar-refractivity contribution in [2.45, 2.75) is 39.4 Å². The predicted molar refractivity (Wildman–Crippen MR) is 47.7 cm³/mol. The minimum absolute atomic E-state index is 0.0220. The molecule has 2 atom stereocenters. The molecule has 0 saturated carbocycles. The zero-order chi connectivity index (χ0) is 10.0. The van der Waals surface area contributed by atoms with Crippen molar-refractivity contribution >= 4 is 5.91 Å². The highest BCUT2D eigenvalue weighted by molar-refractivity contribution is 5.77. The Labute approximate surface area is 78.4 Å². The molecule has 2 unspecified atom stereocenters. The average molecular weight is 187 g/mol. The molecule has 4 nitrogen and oxygen atoms in total. The number of amides is 1. The van der Waals surface area contributed by atoms with E-state index >= 15 is 0 Å². The first-order valence-corrected chi connectivity index (χ1v) is 4.66. The van der Waals surface area contributed by atoms with Crippen molar-refractivity contribution in [3.8, 4) is 0 Å². The number of carbonyl (C=O) groups is 1. The second-order valence-electron chi connectivity index (χ2n) is 3.90. The summed E-state index contributed by atoms with van der Waals surface area (Å²) in [5, 5.41) is 10.4. The van der Waals surface area contributed by atoms with Gasteiger partial charge in [-0.05, 0) is 12.8 Å². The fourth-order valence-electron chi connectivity index (χ4n) is 1.28. The quantitative estimate of drug-likeness (QED) is 0.702. The Morgan fingerprint density at radius 2 is 2.23 bits per heavy atom. The third-order valence-corrected chi connectivity index (χ3v) is 2.09. The molecule has 0 aliphatic carbocycles. The molecule has 1 saturated heterocycles. The van der Waals surface area contributed by atoms with Crippen LogP contribution in [-0.2, 0) is 9.63 Å². The summed E-state index contributed by atoms with van der Waals surface area (Å²) in [4.78, 5) is 16.7. The summed E-state index contributed by atoms with van der Waals surface area (Å²) in [6, 6.07) is 0. The second kappa shape index (κ2) is 4.07. The van der Waals surface area contributed by atoms with E-state index in [4.69, 9.17) is 9.94 Å². The first kappa shape index (κ1) is 10.5. The summed E-state index contributed by atoms with van der Waals surface area (Å²) in [7, 11) is 0. The fraction of sp³-hybridized carbons (Fsp3) is 0.889. The third-order valence-electron chi connectivity index (χ3n) is 2.09. The van der Waals surface area contributed by atoms with Crippen LogP contribution >= 0.6 is 0 Å². The molecule has 13 heavy (non-hydrogen) atoms. The van der Waals surface area contributed by atoms with Gasteiger partial charge in [-0.3, -0.25) is 9.63 Å². The van der Waals surface area contributed by atoms with Crippen molar-refractivity contribution in [2.75, 3.05) is 6.54 Å². The number of hydrogen-bond donors (Lipinski definition) is 1. The van der Waals surface area contributed by atoms with E-state index in [1.807, 2.05) is 13.8 Å². The van der Waals surface area contributed by atoms with Gasteiger partial charge in [0.1, 0.15) is 0 Å². The number of rotatable bonds is 3. The Morgan fingerprint density at radius 1 is 1.62 bits per heavy atom. The van der Waals surface area contributed by atoms with Crippen molar-refractivity contribution in [3.63, 3.8) is 0 Å². The van der Waals surface area contributed by atoms with Crippen molar-refractivity contribution in [3.05, 3.63) is 0 Å². The van der Waals surface area contributed by atoms with Crippen LogP contribution in [0.3, 0.4) is 0 Å². The molecule has 0 aromatic carbocycles. The Kier molecular flexibility index (Phi) is 3.27. The van der Waals surface area contributed by atoms with E-state index in [1.54, 1.807) is 6.92 Å². The van der Waals surface area contributed by atoms with Gasteiger partial charge in [0.2, 0.25) is 5.91 Å². The van der Waals surface area contributed by atoms with Gasteiger partial charge in [-0.2, -0.15) is 0 Å². The molecule has 1 rings (SSSR count). The largest absolute Gasteiger partial charge is 0.391 e. The first-order valence-electron chi connectivity index (χ1n) is 4.66. The van der Waals surface area contributed by atoms with E-state index < -0.39 is 6.10 Å². The lowest BCUT2D eigenvalue weighted by atomic mass is 10.1. The van der Waals surface area contributed by atoms with Crippen LogP contribution in [-0.4, -0.2) is 34.8 Å². The molecule has 0 aromatic heterocycles. The molecule has 1 amide bonds. The highest BCUT2D eigenvalue weighted by atomic mass is 16.7. The summed E-state index contributed by atoms with van der Waals surface area (Å²) in [5.74, 6) is 0.308. The van der Waals surface area contributed by atoms with Crippen LogP contribution < -0.4 is 0 Å². The number of hydroxylamine groups is 2. The summed E-state index contributed by atoms with van der Waals surface area (Å²) >= 11 is 0. The number of β-amino-alcohol motifs (C(OH)–C–C–N with tert-alkyl or cyclic N) is 1. The minimum Gasteiger partial charge on any atom is -0.391 e. The molecule has 0 aromatic rings. The third kappa shape index (κ3) is 2.67. The Bertz CT molecular complexity index is 191. The van der Waals surface area contributed by atoms with Gasteiger partial charge >= 0.3 is 0 Å². The Hall–Kier alpha value is -0.610. The van der Waals surface area contributed by atoms with Crippen molar-refractivity contribution < 1.29 is 14.7 Å². The molecule has 4 heteroatoms. The lowest BCUT2D eigenvalue weighted by Gasteiger charge is -2.19. The molecular formula is C9H17NO3. The van der Waals surface area contributed by atoms with Gasteiger partial charge in [0.25, 0.3) is 0 Å². The molecule has 1 fully saturated rings. The van der Waals surface area contributed by atoms with E-state index in [0.29, 0.717) is 12.3 Å². The summed E-state index contributed by atoms with van der Waals surface area (Å²) in [5.41, 5.74) is 0. The van der Waals surface area contributed by atoms with Crippen LogP contribution in [0.5, 0.6) is 0 Å². The van der Waals surface area contributed by atoms with E-state index in [2.05, 4.69) is 0 Å². The van der Waals surface area contributed by atoms with Gasteiger partial charge in [-0.15, -0.1) is 0 Å². The van der Waals surface area contributed by atoms with E-state index in [9.17, 15) is 4.79 Å². The summed E-state index contributed by atoms with van der Waals surface area (Å²) in [6.45, 7) is 5.94. The van der Waals surface area contributed by atoms with Gasteiger partial charge < -0.3 is 5.11 Å². The molecule has 76 valence electrons. The van der Waals surface area contributed by atoms with Gasteiger partial charge in [0.15, 0.2) is 0 Å². The number of aliphatic hydroxyl groups is 1. The standard InChI is InChI=1S/C9H17NO3/c1-6(2)8-4-9(12)10(13-8)5-7(3)11/h6-8,11H,4-5H2,1-3H3. The molecule has 1 aliphatic rings. The van der Waals surface area contributed by atoms with Crippen LogP contribution in [0.2, 0.25) is 0 Å². The van der Waals surface area contributed by atoms with Gasteiger partial charge in [-0.1, -0.05) is 13.8 Å². The predicted octanol–water partition coefficient (Wildman–Crippen LogP) is 0.556. The monoisotopic (exact) mass is 187 g/mol. The number of aliphatic hydroxyl groups excluding tert-OH is 1. The molecule has 1 aliphatic heterocycles. The zero-order valence-corrected chi connectivity index (χ0v) is 8.36. The molecule has 1 heterocycles. The van der Waals surface area contributed by atoms with E-state index in [1.165, 1.54) is 5.06 Å². The first-order chi connectivity index (χ1) is 6.00. The maximum absolute atomic E-state index is 11.3.